The molecule has 10 heteroatoms. The third-order valence-corrected chi connectivity index (χ3v) is 7.62. The summed E-state index contributed by atoms with van der Waals surface area (Å²) in [6, 6.07) is 10.1. The van der Waals surface area contributed by atoms with E-state index in [0.717, 1.165) is 37.8 Å². The third-order valence-electron chi connectivity index (χ3n) is 7.62. The van der Waals surface area contributed by atoms with Gasteiger partial charge >= 0.3 is 6.18 Å². The highest BCUT2D eigenvalue weighted by Gasteiger charge is 2.43. The molecule has 37 heavy (non-hydrogen) atoms. The van der Waals surface area contributed by atoms with Crippen molar-refractivity contribution in [2.45, 2.75) is 25.1 Å². The van der Waals surface area contributed by atoms with Crippen molar-refractivity contribution in [1.29, 1.82) is 0 Å². The molecule has 0 aliphatic carbocycles. The minimum Gasteiger partial charge on any atom is -0.379 e. The van der Waals surface area contributed by atoms with Crippen molar-refractivity contribution in [3.8, 4) is 0 Å². The molecule has 0 bridgehead atoms. The smallest absolute Gasteiger partial charge is 0.379 e. The van der Waals surface area contributed by atoms with E-state index in [1.807, 2.05) is 9.80 Å². The number of para-hydroxylation sites is 1. The number of rotatable bonds is 6. The number of morpholine rings is 1. The molecular weight excluding hydrogens is 488 g/mol. The lowest BCUT2D eigenvalue weighted by Gasteiger charge is -2.49. The molecule has 6 nitrogen and oxygen atoms in total. The van der Waals surface area contributed by atoms with E-state index in [2.05, 4.69) is 10.2 Å². The van der Waals surface area contributed by atoms with Crippen LogP contribution in [0, 0.1) is 11.7 Å². The standard InChI is InChI=1S/C27H32F4N4O2/c28-22-4-1-2-5-24(22)34-10-11-35-23-7-6-20(27(29,30)31)16-19(23)17-21(25(35)18-34)26(36)32-8-3-9-33-12-14-37-15-13-33/h1-2,4-7,16,21,25H,3,8-15,17-18H2,(H,32,36)/t21-,25-/m0/s1. The Bertz CT molecular complexity index is 1110. The van der Waals surface area contributed by atoms with Crippen LogP contribution in [-0.4, -0.2) is 75.9 Å². The maximum absolute atomic E-state index is 14.6. The van der Waals surface area contributed by atoms with Crippen LogP contribution in [0.3, 0.4) is 0 Å². The second-order valence-electron chi connectivity index (χ2n) is 9.91. The predicted octanol–water partition coefficient (Wildman–Crippen LogP) is 3.55. The minimum atomic E-state index is -4.45. The first kappa shape index (κ1) is 25.8. The molecule has 3 heterocycles. The summed E-state index contributed by atoms with van der Waals surface area (Å²) in [5.41, 5.74) is 1.02. The number of ether oxygens (including phenoxy) is 1. The molecule has 0 aromatic heterocycles. The van der Waals surface area contributed by atoms with E-state index < -0.39 is 17.7 Å². The van der Waals surface area contributed by atoms with Crippen LogP contribution in [0.25, 0.3) is 0 Å². The number of carbonyl (C=O) groups excluding carboxylic acids is 1. The predicted molar refractivity (Wildman–Crippen MR) is 133 cm³/mol. The van der Waals surface area contributed by atoms with E-state index in [-0.39, 0.29) is 24.2 Å². The van der Waals surface area contributed by atoms with Crippen molar-refractivity contribution in [3.63, 3.8) is 0 Å². The SMILES string of the molecule is O=C(NCCCN1CCOCC1)[C@H]1Cc2cc(C(F)(F)F)ccc2N2CCN(c3ccccc3F)C[C@@H]12. The van der Waals surface area contributed by atoms with Gasteiger partial charge in [0.05, 0.1) is 36.4 Å². The zero-order valence-corrected chi connectivity index (χ0v) is 20.6. The quantitative estimate of drug-likeness (QED) is 0.467. The van der Waals surface area contributed by atoms with Crippen LogP contribution in [0.5, 0.6) is 0 Å². The largest absolute Gasteiger partial charge is 0.416 e. The van der Waals surface area contributed by atoms with E-state index in [9.17, 15) is 22.4 Å². The Morgan fingerprint density at radius 1 is 1.03 bits per heavy atom. The second-order valence-corrected chi connectivity index (χ2v) is 9.91. The topological polar surface area (TPSA) is 48.1 Å². The summed E-state index contributed by atoms with van der Waals surface area (Å²) >= 11 is 0. The summed E-state index contributed by atoms with van der Waals surface area (Å²) < 4.78 is 60.2. The highest BCUT2D eigenvalue weighted by Crippen LogP contribution is 2.40. The third kappa shape index (κ3) is 5.70. The molecule has 0 spiro atoms. The summed E-state index contributed by atoms with van der Waals surface area (Å²) in [5, 5.41) is 3.03. The van der Waals surface area contributed by atoms with Crippen LogP contribution < -0.4 is 15.1 Å². The number of piperazine rings is 1. The highest BCUT2D eigenvalue weighted by atomic mass is 19.4. The first-order valence-electron chi connectivity index (χ1n) is 12.9. The number of amides is 1. The molecule has 2 aromatic rings. The number of fused-ring (bicyclic) bond motifs is 3. The van der Waals surface area contributed by atoms with Gasteiger partial charge in [-0.2, -0.15) is 13.2 Å². The summed E-state index contributed by atoms with van der Waals surface area (Å²) in [4.78, 5) is 19.7. The molecule has 2 atom stereocenters. The average molecular weight is 521 g/mol. The number of nitrogens with one attached hydrogen (secondary N) is 1. The van der Waals surface area contributed by atoms with Crippen LogP contribution >= 0.6 is 0 Å². The van der Waals surface area contributed by atoms with Crippen molar-refractivity contribution < 1.29 is 27.1 Å². The molecule has 1 amide bonds. The van der Waals surface area contributed by atoms with Gasteiger partial charge in [-0.25, -0.2) is 4.39 Å². The summed E-state index contributed by atoms with van der Waals surface area (Å²) in [7, 11) is 0. The van der Waals surface area contributed by atoms with Crippen LogP contribution in [-0.2, 0) is 22.1 Å². The van der Waals surface area contributed by atoms with Crippen molar-refractivity contribution >= 4 is 17.3 Å². The lowest BCUT2D eigenvalue weighted by molar-refractivity contribution is -0.137. The highest BCUT2D eigenvalue weighted by molar-refractivity contribution is 5.82. The van der Waals surface area contributed by atoms with Gasteiger partial charge in [0, 0.05) is 45.0 Å². The molecule has 2 fully saturated rings. The van der Waals surface area contributed by atoms with Crippen LogP contribution in [0.1, 0.15) is 17.5 Å². The van der Waals surface area contributed by atoms with Gasteiger partial charge in [-0.1, -0.05) is 12.1 Å². The molecule has 2 aromatic carbocycles. The van der Waals surface area contributed by atoms with Gasteiger partial charge in [0.25, 0.3) is 0 Å². The first-order chi connectivity index (χ1) is 17.8. The summed E-state index contributed by atoms with van der Waals surface area (Å²) in [6.07, 6.45) is -3.46. The van der Waals surface area contributed by atoms with Crippen molar-refractivity contribution in [2.75, 3.05) is 68.8 Å². The van der Waals surface area contributed by atoms with Gasteiger partial charge in [0.1, 0.15) is 5.82 Å². The Hall–Kier alpha value is -2.85. The molecule has 0 radical (unpaired) electrons. The normalized spacial score (nSPS) is 22.4. The number of benzene rings is 2. The van der Waals surface area contributed by atoms with E-state index in [0.29, 0.717) is 50.6 Å². The summed E-state index contributed by atoms with van der Waals surface area (Å²) in [6.45, 7) is 5.91. The maximum atomic E-state index is 14.6. The molecule has 1 N–H and O–H groups in total. The lowest BCUT2D eigenvalue weighted by atomic mass is 9.82. The number of alkyl halides is 3. The first-order valence-corrected chi connectivity index (χ1v) is 12.9. The Morgan fingerprint density at radius 2 is 1.81 bits per heavy atom. The Labute approximate surface area is 214 Å². The van der Waals surface area contributed by atoms with Crippen molar-refractivity contribution in [1.82, 2.24) is 10.2 Å². The zero-order chi connectivity index (χ0) is 26.0. The molecular formula is C27H32F4N4O2. The Kier molecular flexibility index (Phi) is 7.57. The monoisotopic (exact) mass is 520 g/mol. The van der Waals surface area contributed by atoms with Gasteiger partial charge in [0.15, 0.2) is 0 Å². The number of carbonyl (C=O) groups is 1. The number of halogens is 4. The van der Waals surface area contributed by atoms with Crippen LogP contribution in [0.15, 0.2) is 42.5 Å². The van der Waals surface area contributed by atoms with Gasteiger partial charge in [-0.3, -0.25) is 9.69 Å². The molecule has 3 aliphatic heterocycles. The van der Waals surface area contributed by atoms with E-state index >= 15 is 0 Å². The molecule has 5 rings (SSSR count). The molecule has 3 aliphatic rings. The van der Waals surface area contributed by atoms with E-state index in [4.69, 9.17) is 4.74 Å². The lowest BCUT2D eigenvalue weighted by Crippen LogP contribution is -2.61. The van der Waals surface area contributed by atoms with Crippen LogP contribution in [0.2, 0.25) is 0 Å². The number of hydrogen-bond acceptors (Lipinski definition) is 5. The van der Waals surface area contributed by atoms with Gasteiger partial charge < -0.3 is 19.9 Å². The molecule has 0 unspecified atom stereocenters. The van der Waals surface area contributed by atoms with Crippen LogP contribution in [0.4, 0.5) is 28.9 Å². The fraction of sp³-hybridized carbons (Fsp3) is 0.519. The van der Waals surface area contributed by atoms with Gasteiger partial charge in [0.2, 0.25) is 5.91 Å². The Balaban J connectivity index is 1.34. The fourth-order valence-corrected chi connectivity index (χ4v) is 5.70. The molecule has 200 valence electrons. The van der Waals surface area contributed by atoms with E-state index in [1.165, 1.54) is 18.2 Å². The molecule has 0 saturated carbocycles. The Morgan fingerprint density at radius 3 is 2.57 bits per heavy atom. The van der Waals surface area contributed by atoms with Crippen molar-refractivity contribution in [3.05, 3.63) is 59.4 Å². The number of anilines is 2. The van der Waals surface area contributed by atoms with E-state index in [1.54, 1.807) is 18.2 Å². The summed E-state index contributed by atoms with van der Waals surface area (Å²) in [5.74, 6) is -1.05. The number of nitrogens with zero attached hydrogens (tertiary/aromatic N) is 3. The maximum Gasteiger partial charge on any atom is 0.416 e. The van der Waals surface area contributed by atoms with Crippen molar-refractivity contribution in [2.24, 2.45) is 5.92 Å². The second kappa shape index (κ2) is 10.9. The zero-order valence-electron chi connectivity index (χ0n) is 20.6. The minimum absolute atomic E-state index is 0.171. The van der Waals surface area contributed by atoms with Gasteiger partial charge in [-0.05, 0) is 55.3 Å². The molecule has 2 saturated heterocycles. The number of hydrogen-bond donors (Lipinski definition) is 1. The average Bonchev–Trinajstić information content (AvgIpc) is 2.90. The van der Waals surface area contributed by atoms with Gasteiger partial charge in [-0.15, -0.1) is 0 Å². The fourth-order valence-electron chi connectivity index (χ4n) is 5.70.